The van der Waals surface area contributed by atoms with Gasteiger partial charge in [-0.2, -0.15) is 5.10 Å². The van der Waals surface area contributed by atoms with Gasteiger partial charge < -0.3 is 14.8 Å². The Labute approximate surface area is 80.8 Å². The highest BCUT2D eigenvalue weighted by Gasteiger charge is 2.06. The van der Waals surface area contributed by atoms with E-state index in [1.807, 2.05) is 6.07 Å². The first-order valence-corrected chi connectivity index (χ1v) is 4.38. The number of rotatable bonds is 3. The van der Waals surface area contributed by atoms with E-state index in [2.05, 4.69) is 15.5 Å². The molecule has 14 heavy (non-hydrogen) atoms. The van der Waals surface area contributed by atoms with Gasteiger partial charge in [0.2, 0.25) is 0 Å². The molecule has 74 valence electrons. The summed E-state index contributed by atoms with van der Waals surface area (Å²) in [5.41, 5.74) is 0.667. The number of nitrogens with one attached hydrogen (secondary N) is 1. The number of furan rings is 1. The molecule has 0 fully saturated rings. The van der Waals surface area contributed by atoms with Crippen LogP contribution in [0.1, 0.15) is 6.92 Å². The highest BCUT2D eigenvalue weighted by molar-refractivity contribution is 5.85. The molecule has 0 bridgehead atoms. The summed E-state index contributed by atoms with van der Waals surface area (Å²) in [4.78, 5) is 0. The van der Waals surface area contributed by atoms with Crippen LogP contribution in [-0.4, -0.2) is 28.0 Å². The molecule has 0 saturated carbocycles. The normalized spacial score (nSPS) is 13.0. The predicted molar refractivity (Wildman–Crippen MR) is 52.0 cm³/mol. The van der Waals surface area contributed by atoms with Gasteiger partial charge in [0, 0.05) is 11.9 Å². The number of hydrogen-bond donors (Lipinski definition) is 2. The zero-order chi connectivity index (χ0) is 9.97. The molecule has 0 aliphatic carbocycles. The molecule has 5 heteroatoms. The summed E-state index contributed by atoms with van der Waals surface area (Å²) < 4.78 is 5.23. The maximum atomic E-state index is 9.10. The van der Waals surface area contributed by atoms with Crippen LogP contribution < -0.4 is 5.32 Å². The molecule has 2 aromatic heterocycles. The van der Waals surface area contributed by atoms with Crippen molar-refractivity contribution in [1.29, 1.82) is 0 Å². The Hall–Kier alpha value is -1.62. The largest absolute Gasteiger partial charge is 0.460 e. The zero-order valence-corrected chi connectivity index (χ0v) is 7.77. The molecule has 2 aromatic rings. The Balaban J connectivity index is 2.27. The van der Waals surface area contributed by atoms with E-state index in [-0.39, 0.29) is 0 Å². The Bertz CT molecular complexity index is 425. The van der Waals surface area contributed by atoms with E-state index in [1.54, 1.807) is 19.4 Å². The lowest BCUT2D eigenvalue weighted by Crippen LogP contribution is -2.16. The molecule has 2 rings (SSSR count). The second-order valence-corrected chi connectivity index (χ2v) is 3.13. The SMILES string of the molecule is C[C@@H](O)CNc1nncc2ccoc12. The molecular formula is C9H11N3O2. The molecule has 0 aromatic carbocycles. The van der Waals surface area contributed by atoms with E-state index < -0.39 is 6.10 Å². The van der Waals surface area contributed by atoms with Crippen LogP contribution in [0, 0.1) is 0 Å². The first kappa shape index (κ1) is 8.96. The molecule has 0 saturated heterocycles. The van der Waals surface area contributed by atoms with E-state index in [9.17, 15) is 0 Å². The predicted octanol–water partition coefficient (Wildman–Crippen LogP) is 1.02. The lowest BCUT2D eigenvalue weighted by Gasteiger charge is -2.06. The van der Waals surface area contributed by atoms with Gasteiger partial charge >= 0.3 is 0 Å². The van der Waals surface area contributed by atoms with Gasteiger partial charge in [0.05, 0.1) is 18.6 Å². The highest BCUT2D eigenvalue weighted by atomic mass is 16.3. The first-order chi connectivity index (χ1) is 6.77. The van der Waals surface area contributed by atoms with Crippen molar-refractivity contribution in [1.82, 2.24) is 10.2 Å². The monoisotopic (exact) mass is 193 g/mol. The topological polar surface area (TPSA) is 71.2 Å². The van der Waals surface area contributed by atoms with Crippen LogP contribution >= 0.6 is 0 Å². The van der Waals surface area contributed by atoms with E-state index in [0.29, 0.717) is 17.9 Å². The molecule has 0 spiro atoms. The molecule has 0 amide bonds. The molecule has 0 aliphatic heterocycles. The summed E-state index contributed by atoms with van der Waals surface area (Å²) in [6, 6.07) is 1.82. The van der Waals surface area contributed by atoms with Crippen molar-refractivity contribution in [2.24, 2.45) is 0 Å². The molecule has 1 atom stereocenters. The van der Waals surface area contributed by atoms with Gasteiger partial charge in [-0.25, -0.2) is 0 Å². The van der Waals surface area contributed by atoms with Gasteiger partial charge in [-0.1, -0.05) is 0 Å². The lowest BCUT2D eigenvalue weighted by molar-refractivity contribution is 0.208. The third kappa shape index (κ3) is 1.67. The van der Waals surface area contributed by atoms with Crippen molar-refractivity contribution in [3.63, 3.8) is 0 Å². The summed E-state index contributed by atoms with van der Waals surface area (Å²) >= 11 is 0. The second-order valence-electron chi connectivity index (χ2n) is 3.13. The van der Waals surface area contributed by atoms with Crippen molar-refractivity contribution in [2.45, 2.75) is 13.0 Å². The molecule has 0 radical (unpaired) electrons. The number of aliphatic hydroxyl groups excluding tert-OH is 1. The minimum atomic E-state index is -0.429. The maximum absolute atomic E-state index is 9.10. The number of hydrogen-bond acceptors (Lipinski definition) is 5. The number of aliphatic hydroxyl groups is 1. The highest BCUT2D eigenvalue weighted by Crippen LogP contribution is 2.20. The van der Waals surface area contributed by atoms with Gasteiger partial charge in [0.25, 0.3) is 0 Å². The fourth-order valence-electron chi connectivity index (χ4n) is 1.17. The van der Waals surface area contributed by atoms with Crippen LogP contribution in [0.5, 0.6) is 0 Å². The standard InChI is InChI=1S/C9H11N3O2/c1-6(13)4-10-9-8-7(2-3-14-8)5-11-12-9/h2-3,5-6,13H,4H2,1H3,(H,10,12)/t6-/m1/s1. The van der Waals surface area contributed by atoms with Crippen LogP contribution in [-0.2, 0) is 0 Å². The summed E-state index contributed by atoms with van der Waals surface area (Å²) in [7, 11) is 0. The minimum absolute atomic E-state index is 0.425. The van der Waals surface area contributed by atoms with E-state index in [4.69, 9.17) is 9.52 Å². The van der Waals surface area contributed by atoms with Gasteiger partial charge in [-0.15, -0.1) is 5.10 Å². The second kappa shape index (κ2) is 3.63. The molecule has 0 aliphatic rings. The average Bonchev–Trinajstić information content (AvgIpc) is 2.62. The molecule has 5 nitrogen and oxygen atoms in total. The fourth-order valence-corrected chi connectivity index (χ4v) is 1.17. The van der Waals surface area contributed by atoms with Crippen molar-refractivity contribution >= 4 is 16.8 Å². The van der Waals surface area contributed by atoms with E-state index in [0.717, 1.165) is 5.39 Å². The molecular weight excluding hydrogens is 182 g/mol. The van der Waals surface area contributed by atoms with Crippen LogP contribution in [0.3, 0.4) is 0 Å². The van der Waals surface area contributed by atoms with Gasteiger partial charge in [-0.3, -0.25) is 0 Å². The van der Waals surface area contributed by atoms with Crippen LogP contribution in [0.4, 0.5) is 5.82 Å². The minimum Gasteiger partial charge on any atom is -0.460 e. The van der Waals surface area contributed by atoms with Gasteiger partial charge in [0.15, 0.2) is 11.4 Å². The zero-order valence-electron chi connectivity index (χ0n) is 7.77. The summed E-state index contributed by atoms with van der Waals surface area (Å²) in [5, 5.41) is 20.6. The number of anilines is 1. The molecule has 0 unspecified atom stereocenters. The summed E-state index contributed by atoms with van der Waals surface area (Å²) in [6.07, 6.45) is 2.79. The molecule has 2 heterocycles. The van der Waals surface area contributed by atoms with Gasteiger partial charge in [0.1, 0.15) is 0 Å². The summed E-state index contributed by atoms with van der Waals surface area (Å²) in [6.45, 7) is 2.12. The fraction of sp³-hybridized carbons (Fsp3) is 0.333. The quantitative estimate of drug-likeness (QED) is 0.761. The van der Waals surface area contributed by atoms with Crippen LogP contribution in [0.25, 0.3) is 11.0 Å². The third-order valence-corrected chi connectivity index (χ3v) is 1.83. The van der Waals surface area contributed by atoms with E-state index in [1.165, 1.54) is 0 Å². The van der Waals surface area contributed by atoms with Crippen LogP contribution in [0.2, 0.25) is 0 Å². The number of fused-ring (bicyclic) bond motifs is 1. The van der Waals surface area contributed by atoms with Gasteiger partial charge in [-0.05, 0) is 13.0 Å². The summed E-state index contributed by atoms with van der Waals surface area (Å²) in [5.74, 6) is 0.563. The number of aromatic nitrogens is 2. The smallest absolute Gasteiger partial charge is 0.192 e. The number of nitrogens with zero attached hydrogens (tertiary/aromatic N) is 2. The Morgan fingerprint density at radius 2 is 2.50 bits per heavy atom. The Morgan fingerprint density at radius 1 is 1.64 bits per heavy atom. The van der Waals surface area contributed by atoms with Crippen molar-refractivity contribution < 1.29 is 9.52 Å². The van der Waals surface area contributed by atoms with Crippen molar-refractivity contribution in [2.75, 3.05) is 11.9 Å². The van der Waals surface area contributed by atoms with Crippen molar-refractivity contribution in [3.8, 4) is 0 Å². The average molecular weight is 193 g/mol. The Morgan fingerprint density at radius 3 is 3.29 bits per heavy atom. The van der Waals surface area contributed by atoms with E-state index >= 15 is 0 Å². The Kier molecular flexibility index (Phi) is 2.32. The lowest BCUT2D eigenvalue weighted by atomic mass is 10.3. The maximum Gasteiger partial charge on any atom is 0.192 e. The van der Waals surface area contributed by atoms with Crippen molar-refractivity contribution in [3.05, 3.63) is 18.5 Å². The van der Waals surface area contributed by atoms with Crippen LogP contribution in [0.15, 0.2) is 22.9 Å². The first-order valence-electron chi connectivity index (χ1n) is 4.38. The third-order valence-electron chi connectivity index (χ3n) is 1.83. The molecule has 2 N–H and O–H groups in total.